The fourth-order valence-electron chi connectivity index (χ4n) is 2.97. The molecule has 0 spiro atoms. The van der Waals surface area contributed by atoms with Crippen LogP contribution < -0.4 is 5.32 Å². The van der Waals surface area contributed by atoms with Gasteiger partial charge in [-0.05, 0) is 31.9 Å². The molecule has 0 amide bonds. The minimum atomic E-state index is 0. The number of aliphatic imine (C=N–C) groups is 2. The predicted octanol–water partition coefficient (Wildman–Crippen LogP) is 4.08. The average Bonchev–Trinajstić information content (AvgIpc) is 2.59. The van der Waals surface area contributed by atoms with Crippen LogP contribution in [0.3, 0.4) is 0 Å². The third-order valence-electron chi connectivity index (χ3n) is 4.46. The van der Waals surface area contributed by atoms with E-state index in [1.54, 1.807) is 0 Å². The number of morpholine rings is 1. The first kappa shape index (κ1) is 20.2. The third-order valence-corrected chi connectivity index (χ3v) is 4.46. The van der Waals surface area contributed by atoms with E-state index in [1.165, 1.54) is 31.2 Å². The normalized spacial score (nSPS) is 19.3. The van der Waals surface area contributed by atoms with Gasteiger partial charge in [-0.15, -0.1) is 24.0 Å². The van der Waals surface area contributed by atoms with E-state index in [-0.39, 0.29) is 24.0 Å². The number of nitrogens with one attached hydrogen (secondary N) is 1. The number of rotatable bonds is 1. The van der Waals surface area contributed by atoms with E-state index in [0.29, 0.717) is 0 Å². The SMILES string of the molecule is Cc1ccc(NC(=NC2=NCCCCCC2)N2CCOCC2)cc1.I. The molecule has 0 atom stereocenters. The standard InChI is InChI=1S/C19H28N4O.HI/c1-16-7-9-17(10-8-16)21-19(23-12-14-24-15-13-23)22-18-6-4-2-3-5-11-20-18;/h7-10H,2-6,11-15H2,1H3,(H,20,21,22);1H. The largest absolute Gasteiger partial charge is 0.378 e. The van der Waals surface area contributed by atoms with Gasteiger partial charge in [-0.1, -0.05) is 30.5 Å². The Hall–Kier alpha value is -1.15. The molecule has 25 heavy (non-hydrogen) atoms. The van der Waals surface area contributed by atoms with Crippen molar-refractivity contribution in [2.45, 2.75) is 39.0 Å². The van der Waals surface area contributed by atoms with Gasteiger partial charge < -0.3 is 15.0 Å². The minimum Gasteiger partial charge on any atom is -0.378 e. The monoisotopic (exact) mass is 456 g/mol. The number of benzene rings is 1. The van der Waals surface area contributed by atoms with Crippen molar-refractivity contribution in [3.05, 3.63) is 29.8 Å². The van der Waals surface area contributed by atoms with Crippen LogP contribution in [0, 0.1) is 6.92 Å². The van der Waals surface area contributed by atoms with Gasteiger partial charge in [-0.2, -0.15) is 4.99 Å². The Kier molecular flexibility index (Phi) is 8.67. The summed E-state index contributed by atoms with van der Waals surface area (Å²) in [6, 6.07) is 8.44. The van der Waals surface area contributed by atoms with Crippen LogP contribution in [0.5, 0.6) is 0 Å². The lowest BCUT2D eigenvalue weighted by molar-refractivity contribution is 0.0681. The summed E-state index contributed by atoms with van der Waals surface area (Å²) in [6.45, 7) is 6.24. The zero-order valence-corrected chi connectivity index (χ0v) is 17.4. The lowest BCUT2D eigenvalue weighted by Gasteiger charge is -2.30. The van der Waals surface area contributed by atoms with Crippen LogP contribution in [-0.4, -0.2) is 49.5 Å². The van der Waals surface area contributed by atoms with Crippen molar-refractivity contribution in [1.29, 1.82) is 0 Å². The number of hydrogen-bond donors (Lipinski definition) is 1. The van der Waals surface area contributed by atoms with Gasteiger partial charge in [0.15, 0.2) is 0 Å². The van der Waals surface area contributed by atoms with E-state index >= 15 is 0 Å². The van der Waals surface area contributed by atoms with Crippen molar-refractivity contribution in [1.82, 2.24) is 4.90 Å². The summed E-state index contributed by atoms with van der Waals surface area (Å²) in [5, 5.41) is 3.50. The highest BCUT2D eigenvalue weighted by molar-refractivity contribution is 14.0. The van der Waals surface area contributed by atoms with Crippen molar-refractivity contribution >= 4 is 41.5 Å². The van der Waals surface area contributed by atoms with E-state index in [1.807, 2.05) is 0 Å². The molecule has 0 aromatic heterocycles. The predicted molar refractivity (Wildman–Crippen MR) is 115 cm³/mol. The van der Waals surface area contributed by atoms with Gasteiger partial charge in [0.2, 0.25) is 5.96 Å². The molecule has 0 saturated carbocycles. The number of guanidine groups is 1. The molecule has 1 N–H and O–H groups in total. The minimum absolute atomic E-state index is 0. The zero-order chi connectivity index (χ0) is 16.6. The Morgan fingerprint density at radius 3 is 2.56 bits per heavy atom. The van der Waals surface area contributed by atoms with E-state index in [2.05, 4.69) is 41.4 Å². The molecule has 0 bridgehead atoms. The fourth-order valence-corrected chi connectivity index (χ4v) is 2.97. The van der Waals surface area contributed by atoms with E-state index in [9.17, 15) is 0 Å². The maximum Gasteiger partial charge on any atom is 0.205 e. The maximum atomic E-state index is 5.49. The highest BCUT2D eigenvalue weighted by Crippen LogP contribution is 2.13. The van der Waals surface area contributed by atoms with Crippen LogP contribution in [0.1, 0.15) is 37.7 Å². The highest BCUT2D eigenvalue weighted by atomic mass is 127. The first-order valence-corrected chi connectivity index (χ1v) is 9.10. The fraction of sp³-hybridized carbons (Fsp3) is 0.579. The van der Waals surface area contributed by atoms with Gasteiger partial charge in [-0.3, -0.25) is 4.99 Å². The molecule has 0 aliphatic carbocycles. The topological polar surface area (TPSA) is 49.2 Å². The van der Waals surface area contributed by atoms with Gasteiger partial charge in [0.05, 0.1) is 13.2 Å². The van der Waals surface area contributed by atoms with Crippen LogP contribution in [0.2, 0.25) is 0 Å². The molecular formula is C19H29IN4O. The number of halogens is 1. The van der Waals surface area contributed by atoms with Crippen LogP contribution in [0.15, 0.2) is 34.3 Å². The second-order valence-electron chi connectivity index (χ2n) is 6.49. The lowest BCUT2D eigenvalue weighted by Crippen LogP contribution is -2.44. The summed E-state index contributed by atoms with van der Waals surface area (Å²) in [7, 11) is 0. The molecule has 1 saturated heterocycles. The molecule has 2 heterocycles. The first-order chi connectivity index (χ1) is 11.8. The Bertz CT molecular complexity index is 580. The smallest absolute Gasteiger partial charge is 0.205 e. The van der Waals surface area contributed by atoms with E-state index in [0.717, 1.165) is 56.8 Å². The number of ether oxygens (including phenoxy) is 1. The Morgan fingerprint density at radius 1 is 1.08 bits per heavy atom. The number of amidine groups is 1. The first-order valence-electron chi connectivity index (χ1n) is 9.10. The molecule has 1 aromatic rings. The summed E-state index contributed by atoms with van der Waals surface area (Å²) in [5.41, 5.74) is 2.33. The van der Waals surface area contributed by atoms with Crippen LogP contribution in [0.4, 0.5) is 5.69 Å². The second kappa shape index (κ2) is 10.8. The van der Waals surface area contributed by atoms with Gasteiger partial charge in [-0.25, -0.2) is 0 Å². The van der Waals surface area contributed by atoms with Crippen molar-refractivity contribution in [2.24, 2.45) is 9.98 Å². The van der Waals surface area contributed by atoms with Gasteiger partial charge >= 0.3 is 0 Å². The molecule has 1 fully saturated rings. The van der Waals surface area contributed by atoms with Gasteiger partial charge in [0, 0.05) is 31.7 Å². The molecule has 2 aliphatic heterocycles. The summed E-state index contributed by atoms with van der Waals surface area (Å²) in [4.78, 5) is 11.9. The van der Waals surface area contributed by atoms with E-state index in [4.69, 9.17) is 14.7 Å². The summed E-state index contributed by atoms with van der Waals surface area (Å²) < 4.78 is 5.49. The van der Waals surface area contributed by atoms with Crippen molar-refractivity contribution < 1.29 is 4.74 Å². The molecular weight excluding hydrogens is 427 g/mol. The Morgan fingerprint density at radius 2 is 1.80 bits per heavy atom. The molecule has 1 aromatic carbocycles. The Labute approximate surface area is 168 Å². The molecule has 138 valence electrons. The summed E-state index contributed by atoms with van der Waals surface area (Å²) in [6.07, 6.45) is 5.91. The van der Waals surface area contributed by atoms with Gasteiger partial charge in [0.25, 0.3) is 0 Å². The van der Waals surface area contributed by atoms with Crippen molar-refractivity contribution in [3.63, 3.8) is 0 Å². The van der Waals surface area contributed by atoms with Crippen molar-refractivity contribution in [2.75, 3.05) is 38.2 Å². The number of aryl methyl sites for hydroxylation is 1. The quantitative estimate of drug-likeness (QED) is 0.394. The molecule has 5 nitrogen and oxygen atoms in total. The van der Waals surface area contributed by atoms with Crippen LogP contribution >= 0.6 is 24.0 Å². The molecule has 0 unspecified atom stereocenters. The number of anilines is 1. The average molecular weight is 456 g/mol. The highest BCUT2D eigenvalue weighted by Gasteiger charge is 2.16. The number of nitrogens with zero attached hydrogens (tertiary/aromatic N) is 3. The van der Waals surface area contributed by atoms with Crippen LogP contribution in [-0.2, 0) is 4.74 Å². The molecule has 2 aliphatic rings. The Balaban J connectivity index is 0.00000225. The maximum absolute atomic E-state index is 5.49. The molecule has 0 radical (unpaired) electrons. The summed E-state index contributed by atoms with van der Waals surface area (Å²) >= 11 is 0. The third kappa shape index (κ3) is 6.58. The number of hydrogen-bond acceptors (Lipinski definition) is 3. The summed E-state index contributed by atoms with van der Waals surface area (Å²) in [5.74, 6) is 1.89. The van der Waals surface area contributed by atoms with Crippen LogP contribution in [0.25, 0.3) is 0 Å². The zero-order valence-electron chi connectivity index (χ0n) is 15.0. The lowest BCUT2D eigenvalue weighted by atomic mass is 10.1. The van der Waals surface area contributed by atoms with Gasteiger partial charge in [0.1, 0.15) is 5.84 Å². The molecule has 6 heteroatoms. The second-order valence-corrected chi connectivity index (χ2v) is 6.49. The van der Waals surface area contributed by atoms with Crippen molar-refractivity contribution in [3.8, 4) is 0 Å². The van der Waals surface area contributed by atoms with E-state index < -0.39 is 0 Å². The molecule has 3 rings (SSSR count).